The summed E-state index contributed by atoms with van der Waals surface area (Å²) in [7, 11) is 0. The first kappa shape index (κ1) is 11.2. The molecule has 2 nitrogen and oxygen atoms in total. The maximum Gasteiger partial charge on any atom is 0.0764 e. The van der Waals surface area contributed by atoms with E-state index in [1.807, 2.05) is 24.3 Å². The molecule has 0 bridgehead atoms. The van der Waals surface area contributed by atoms with Gasteiger partial charge in [0.1, 0.15) is 0 Å². The molecule has 2 heteroatoms. The molecule has 0 heterocycles. The summed E-state index contributed by atoms with van der Waals surface area (Å²) in [5.41, 5.74) is 1.18. The van der Waals surface area contributed by atoms with Crippen LogP contribution >= 0.6 is 0 Å². The average Bonchev–Trinajstić information content (AvgIpc) is 2.01. The highest BCUT2D eigenvalue weighted by atomic mass is 16.3. The molecule has 14 heavy (non-hydrogen) atoms. The summed E-state index contributed by atoms with van der Waals surface area (Å²) in [5.74, 6) is 0. The highest BCUT2D eigenvalue weighted by molar-refractivity contribution is 5.29. The summed E-state index contributed by atoms with van der Waals surface area (Å²) in [6, 6.07) is 7.66. The van der Waals surface area contributed by atoms with Crippen LogP contribution in [0, 0.1) is 0 Å². The van der Waals surface area contributed by atoms with Crippen molar-refractivity contribution in [1.29, 1.82) is 0 Å². The summed E-state index contributed by atoms with van der Waals surface area (Å²) in [4.78, 5) is 0. The van der Waals surface area contributed by atoms with Crippen LogP contribution in [0.15, 0.2) is 24.3 Å². The Bertz CT molecular complexity index is 297. The van der Waals surface area contributed by atoms with Gasteiger partial charge in [-0.3, -0.25) is 0 Å². The van der Waals surface area contributed by atoms with Crippen molar-refractivity contribution < 1.29 is 10.2 Å². The van der Waals surface area contributed by atoms with Crippen molar-refractivity contribution >= 4 is 0 Å². The minimum atomic E-state index is -0.731. The van der Waals surface area contributed by atoms with E-state index in [4.69, 9.17) is 0 Å². The predicted octanol–water partition coefficient (Wildman–Crippen LogP) is 2.05. The molecule has 0 spiro atoms. The van der Waals surface area contributed by atoms with Gasteiger partial charge in [-0.1, -0.05) is 24.3 Å². The van der Waals surface area contributed by atoms with Crippen molar-refractivity contribution in [2.75, 3.05) is 0 Å². The van der Waals surface area contributed by atoms with Gasteiger partial charge in [0.15, 0.2) is 0 Å². The van der Waals surface area contributed by atoms with Crippen LogP contribution in [0.1, 0.15) is 38.0 Å². The molecule has 1 aromatic carbocycles. The minimum absolute atomic E-state index is 0.478. The third-order valence-corrected chi connectivity index (χ3v) is 2.13. The molecule has 78 valence electrons. The number of benzene rings is 1. The summed E-state index contributed by atoms with van der Waals surface area (Å²) < 4.78 is 0. The van der Waals surface area contributed by atoms with Crippen LogP contribution in [0.2, 0.25) is 0 Å². The summed E-state index contributed by atoms with van der Waals surface area (Å²) in [5, 5.41) is 19.2. The lowest BCUT2D eigenvalue weighted by molar-refractivity contribution is 0.0800. The molecule has 0 aliphatic heterocycles. The minimum Gasteiger partial charge on any atom is -0.390 e. The Morgan fingerprint density at radius 1 is 1.29 bits per heavy atom. The topological polar surface area (TPSA) is 40.5 Å². The molecule has 0 aromatic heterocycles. The smallest absolute Gasteiger partial charge is 0.0764 e. The van der Waals surface area contributed by atoms with Gasteiger partial charge in [-0.05, 0) is 31.9 Å². The zero-order valence-corrected chi connectivity index (χ0v) is 8.99. The van der Waals surface area contributed by atoms with Crippen LogP contribution in [-0.4, -0.2) is 15.8 Å². The van der Waals surface area contributed by atoms with E-state index in [1.54, 1.807) is 20.8 Å². The SMILES string of the molecule is CC(O)c1ccccc1CC(C)(C)O. The number of aliphatic hydroxyl groups is 2. The standard InChI is InChI=1S/C12H18O2/c1-9(13)11-7-5-4-6-10(11)8-12(2,3)14/h4-7,9,13-14H,8H2,1-3H3. The summed E-state index contributed by atoms with van der Waals surface area (Å²) in [6.45, 7) is 5.28. The molecule has 1 unspecified atom stereocenters. The molecule has 0 saturated carbocycles. The van der Waals surface area contributed by atoms with E-state index in [2.05, 4.69) is 0 Å². The molecular formula is C12H18O2. The molecule has 0 aliphatic carbocycles. The molecule has 0 saturated heterocycles. The Morgan fingerprint density at radius 3 is 2.36 bits per heavy atom. The van der Waals surface area contributed by atoms with Gasteiger partial charge < -0.3 is 10.2 Å². The van der Waals surface area contributed by atoms with Gasteiger partial charge in [-0.2, -0.15) is 0 Å². The van der Waals surface area contributed by atoms with E-state index in [0.717, 1.165) is 11.1 Å². The van der Waals surface area contributed by atoms with E-state index >= 15 is 0 Å². The van der Waals surface area contributed by atoms with Crippen molar-refractivity contribution in [3.05, 3.63) is 35.4 Å². The van der Waals surface area contributed by atoms with Crippen molar-refractivity contribution in [3.8, 4) is 0 Å². The molecule has 1 atom stereocenters. The fraction of sp³-hybridized carbons (Fsp3) is 0.500. The maximum atomic E-state index is 9.70. The Balaban J connectivity index is 2.96. The number of hydrogen-bond acceptors (Lipinski definition) is 2. The van der Waals surface area contributed by atoms with Crippen LogP contribution in [0.25, 0.3) is 0 Å². The second-order valence-electron chi connectivity index (χ2n) is 4.36. The summed E-state index contributed by atoms with van der Waals surface area (Å²) in [6.07, 6.45) is 0.0854. The van der Waals surface area contributed by atoms with Gasteiger partial charge in [0.05, 0.1) is 11.7 Å². The quantitative estimate of drug-likeness (QED) is 0.773. The van der Waals surface area contributed by atoms with Gasteiger partial charge in [-0.25, -0.2) is 0 Å². The monoisotopic (exact) mass is 194 g/mol. The Kier molecular flexibility index (Phi) is 3.29. The van der Waals surface area contributed by atoms with Crippen LogP contribution in [0.3, 0.4) is 0 Å². The van der Waals surface area contributed by atoms with Crippen molar-refractivity contribution in [3.63, 3.8) is 0 Å². The molecular weight excluding hydrogens is 176 g/mol. The lowest BCUT2D eigenvalue weighted by atomic mass is 9.93. The normalized spacial score (nSPS) is 14.1. The Morgan fingerprint density at radius 2 is 1.86 bits per heavy atom. The Labute approximate surface area is 85.2 Å². The fourth-order valence-corrected chi connectivity index (χ4v) is 1.57. The molecule has 2 N–H and O–H groups in total. The lowest BCUT2D eigenvalue weighted by Gasteiger charge is -2.20. The number of aliphatic hydroxyl groups excluding tert-OH is 1. The molecule has 0 fully saturated rings. The van der Waals surface area contributed by atoms with Crippen LogP contribution in [0.5, 0.6) is 0 Å². The third kappa shape index (κ3) is 3.13. The predicted molar refractivity (Wildman–Crippen MR) is 57.1 cm³/mol. The van der Waals surface area contributed by atoms with Gasteiger partial charge in [0.25, 0.3) is 0 Å². The first-order valence-corrected chi connectivity index (χ1v) is 4.88. The first-order valence-electron chi connectivity index (χ1n) is 4.88. The zero-order chi connectivity index (χ0) is 10.8. The van der Waals surface area contributed by atoms with Crippen molar-refractivity contribution in [1.82, 2.24) is 0 Å². The molecule has 1 aromatic rings. The Hall–Kier alpha value is -0.860. The van der Waals surface area contributed by atoms with E-state index in [0.29, 0.717) is 6.42 Å². The highest BCUT2D eigenvalue weighted by Gasteiger charge is 2.16. The summed E-state index contributed by atoms with van der Waals surface area (Å²) >= 11 is 0. The van der Waals surface area contributed by atoms with Gasteiger partial charge in [0, 0.05) is 6.42 Å². The number of hydrogen-bond donors (Lipinski definition) is 2. The van der Waals surface area contributed by atoms with E-state index in [1.165, 1.54) is 0 Å². The average molecular weight is 194 g/mol. The lowest BCUT2D eigenvalue weighted by Crippen LogP contribution is -2.22. The zero-order valence-electron chi connectivity index (χ0n) is 8.99. The van der Waals surface area contributed by atoms with E-state index in [-0.39, 0.29) is 0 Å². The van der Waals surface area contributed by atoms with Gasteiger partial charge in [0.2, 0.25) is 0 Å². The molecule has 0 aliphatic rings. The van der Waals surface area contributed by atoms with E-state index in [9.17, 15) is 10.2 Å². The largest absolute Gasteiger partial charge is 0.390 e. The molecule has 0 radical (unpaired) electrons. The van der Waals surface area contributed by atoms with Gasteiger partial charge >= 0.3 is 0 Å². The first-order chi connectivity index (χ1) is 6.40. The van der Waals surface area contributed by atoms with E-state index < -0.39 is 11.7 Å². The fourth-order valence-electron chi connectivity index (χ4n) is 1.57. The highest BCUT2D eigenvalue weighted by Crippen LogP contribution is 2.21. The van der Waals surface area contributed by atoms with Crippen molar-refractivity contribution in [2.24, 2.45) is 0 Å². The van der Waals surface area contributed by atoms with Crippen molar-refractivity contribution in [2.45, 2.75) is 38.9 Å². The van der Waals surface area contributed by atoms with Crippen LogP contribution in [0.4, 0.5) is 0 Å². The van der Waals surface area contributed by atoms with Crippen LogP contribution < -0.4 is 0 Å². The van der Waals surface area contributed by atoms with Crippen LogP contribution in [-0.2, 0) is 6.42 Å². The molecule has 1 rings (SSSR count). The maximum absolute atomic E-state index is 9.70. The third-order valence-electron chi connectivity index (χ3n) is 2.13. The molecule has 0 amide bonds. The second kappa shape index (κ2) is 4.11. The number of rotatable bonds is 3. The second-order valence-corrected chi connectivity index (χ2v) is 4.36. The van der Waals surface area contributed by atoms with Gasteiger partial charge in [-0.15, -0.1) is 0 Å².